The van der Waals surface area contributed by atoms with Gasteiger partial charge in [0.2, 0.25) is 5.91 Å². The molecule has 1 rings (SSSR count). The lowest BCUT2D eigenvalue weighted by atomic mass is 10.1. The van der Waals surface area contributed by atoms with Gasteiger partial charge in [-0.3, -0.25) is 4.79 Å². The van der Waals surface area contributed by atoms with Gasteiger partial charge in [-0.2, -0.15) is 0 Å². The normalized spacial score (nSPS) is 24.8. The van der Waals surface area contributed by atoms with Gasteiger partial charge in [0.15, 0.2) is 9.84 Å². The number of hydrogen-bond acceptors (Lipinski definition) is 4. The van der Waals surface area contributed by atoms with E-state index >= 15 is 0 Å². The Kier molecular flexibility index (Phi) is 4.78. The highest BCUT2D eigenvalue weighted by Gasteiger charge is 2.28. The second-order valence-corrected chi connectivity index (χ2v) is 8.37. The second kappa shape index (κ2) is 5.57. The molecule has 2 atom stereocenters. The van der Waals surface area contributed by atoms with E-state index in [1.54, 1.807) is 6.92 Å². The molecule has 0 aromatic heterocycles. The first kappa shape index (κ1) is 15.4. The van der Waals surface area contributed by atoms with Gasteiger partial charge >= 0.3 is 0 Å². The van der Waals surface area contributed by atoms with Crippen molar-refractivity contribution in [2.45, 2.75) is 45.7 Å². The SMILES string of the molecule is CC(NCC1CCS(=O)(=O)C1)C(=O)NC(C)(C)C. The summed E-state index contributed by atoms with van der Waals surface area (Å²) < 4.78 is 22.6. The summed E-state index contributed by atoms with van der Waals surface area (Å²) in [6.45, 7) is 8.17. The molecule has 1 aliphatic heterocycles. The zero-order valence-corrected chi connectivity index (χ0v) is 12.4. The molecule has 5 nitrogen and oxygen atoms in total. The van der Waals surface area contributed by atoms with Crippen LogP contribution in [0.5, 0.6) is 0 Å². The Balaban J connectivity index is 2.33. The van der Waals surface area contributed by atoms with Crippen molar-refractivity contribution < 1.29 is 13.2 Å². The maximum atomic E-state index is 11.8. The van der Waals surface area contributed by atoms with Gasteiger partial charge in [-0.1, -0.05) is 0 Å². The number of rotatable bonds is 4. The average Bonchev–Trinajstić information content (AvgIpc) is 2.52. The molecule has 1 saturated heterocycles. The van der Waals surface area contributed by atoms with Crippen LogP contribution in [0.25, 0.3) is 0 Å². The van der Waals surface area contributed by atoms with Gasteiger partial charge in [-0.15, -0.1) is 0 Å². The number of nitrogens with one attached hydrogen (secondary N) is 2. The first-order chi connectivity index (χ1) is 8.09. The van der Waals surface area contributed by atoms with Crippen molar-refractivity contribution in [3.8, 4) is 0 Å². The Morgan fingerprint density at radius 2 is 2.00 bits per heavy atom. The topological polar surface area (TPSA) is 75.3 Å². The number of carbonyl (C=O) groups is 1. The summed E-state index contributed by atoms with van der Waals surface area (Å²) in [5.74, 6) is 0.610. The first-order valence-corrected chi connectivity index (χ1v) is 8.17. The zero-order valence-electron chi connectivity index (χ0n) is 11.6. The van der Waals surface area contributed by atoms with Crippen molar-refractivity contribution in [2.24, 2.45) is 5.92 Å². The van der Waals surface area contributed by atoms with E-state index < -0.39 is 9.84 Å². The third-order valence-electron chi connectivity index (χ3n) is 2.93. The van der Waals surface area contributed by atoms with Crippen molar-refractivity contribution in [1.82, 2.24) is 10.6 Å². The van der Waals surface area contributed by atoms with Gasteiger partial charge in [-0.25, -0.2) is 8.42 Å². The number of carbonyl (C=O) groups excluding carboxylic acids is 1. The molecular formula is C12H24N2O3S. The molecule has 18 heavy (non-hydrogen) atoms. The highest BCUT2D eigenvalue weighted by Crippen LogP contribution is 2.17. The summed E-state index contributed by atoms with van der Waals surface area (Å²) in [6, 6.07) is -0.299. The standard InChI is InChI=1S/C12H24N2O3S/c1-9(11(15)14-12(2,3)4)13-7-10-5-6-18(16,17)8-10/h9-10,13H,5-8H2,1-4H3,(H,14,15). The van der Waals surface area contributed by atoms with E-state index in [1.807, 2.05) is 20.8 Å². The van der Waals surface area contributed by atoms with Gasteiger partial charge in [0.1, 0.15) is 0 Å². The molecule has 0 aromatic rings. The van der Waals surface area contributed by atoms with Crippen LogP contribution in [-0.2, 0) is 14.6 Å². The summed E-state index contributed by atoms with van der Waals surface area (Å²) in [4.78, 5) is 11.8. The van der Waals surface area contributed by atoms with E-state index in [9.17, 15) is 13.2 Å². The molecule has 0 bridgehead atoms. The minimum absolute atomic E-state index is 0.0524. The Morgan fingerprint density at radius 3 is 2.44 bits per heavy atom. The number of sulfone groups is 1. The van der Waals surface area contributed by atoms with Crippen molar-refractivity contribution in [1.29, 1.82) is 0 Å². The van der Waals surface area contributed by atoms with Crippen LogP contribution in [-0.4, -0.2) is 44.0 Å². The lowest BCUT2D eigenvalue weighted by Crippen LogP contribution is -2.50. The molecule has 0 spiro atoms. The van der Waals surface area contributed by atoms with E-state index in [0.717, 1.165) is 0 Å². The monoisotopic (exact) mass is 276 g/mol. The summed E-state index contributed by atoms with van der Waals surface area (Å²) in [5.41, 5.74) is -0.246. The molecule has 6 heteroatoms. The van der Waals surface area contributed by atoms with Crippen LogP contribution in [0.3, 0.4) is 0 Å². The van der Waals surface area contributed by atoms with Gasteiger partial charge in [0.05, 0.1) is 17.5 Å². The van der Waals surface area contributed by atoms with Crippen molar-refractivity contribution in [3.63, 3.8) is 0 Å². The van der Waals surface area contributed by atoms with Crippen LogP contribution in [0.2, 0.25) is 0 Å². The minimum atomic E-state index is -2.83. The van der Waals surface area contributed by atoms with Gasteiger partial charge in [0, 0.05) is 5.54 Å². The predicted molar refractivity (Wildman–Crippen MR) is 72.1 cm³/mol. The lowest BCUT2D eigenvalue weighted by Gasteiger charge is -2.24. The lowest BCUT2D eigenvalue weighted by molar-refractivity contribution is -0.124. The highest BCUT2D eigenvalue weighted by molar-refractivity contribution is 7.91. The minimum Gasteiger partial charge on any atom is -0.350 e. The summed E-state index contributed by atoms with van der Waals surface area (Å²) in [5, 5.41) is 6.00. The van der Waals surface area contributed by atoms with E-state index in [-0.39, 0.29) is 34.9 Å². The Bertz CT molecular complexity index is 398. The Labute approximate surface area is 110 Å². The van der Waals surface area contributed by atoms with Gasteiger partial charge < -0.3 is 10.6 Å². The van der Waals surface area contributed by atoms with Crippen molar-refractivity contribution >= 4 is 15.7 Å². The maximum absolute atomic E-state index is 11.8. The van der Waals surface area contributed by atoms with Crippen LogP contribution in [0.1, 0.15) is 34.1 Å². The fourth-order valence-electron chi connectivity index (χ4n) is 1.95. The van der Waals surface area contributed by atoms with Crippen LogP contribution < -0.4 is 10.6 Å². The van der Waals surface area contributed by atoms with Gasteiger partial charge in [0.25, 0.3) is 0 Å². The quantitative estimate of drug-likeness (QED) is 0.775. The second-order valence-electron chi connectivity index (χ2n) is 6.14. The maximum Gasteiger partial charge on any atom is 0.237 e. The van der Waals surface area contributed by atoms with E-state index in [2.05, 4.69) is 10.6 Å². The van der Waals surface area contributed by atoms with E-state index in [0.29, 0.717) is 13.0 Å². The van der Waals surface area contributed by atoms with Crippen LogP contribution in [0, 0.1) is 5.92 Å². The summed E-state index contributed by atoms with van der Waals surface area (Å²) in [7, 11) is -2.83. The molecule has 1 amide bonds. The van der Waals surface area contributed by atoms with Gasteiger partial charge in [-0.05, 0) is 46.6 Å². The Hall–Kier alpha value is -0.620. The number of amides is 1. The molecule has 0 radical (unpaired) electrons. The largest absolute Gasteiger partial charge is 0.350 e. The van der Waals surface area contributed by atoms with Crippen LogP contribution >= 0.6 is 0 Å². The molecule has 1 aliphatic rings. The van der Waals surface area contributed by atoms with Crippen molar-refractivity contribution in [2.75, 3.05) is 18.1 Å². The third kappa shape index (κ3) is 5.35. The number of hydrogen-bond donors (Lipinski definition) is 2. The first-order valence-electron chi connectivity index (χ1n) is 6.35. The Morgan fingerprint density at radius 1 is 1.39 bits per heavy atom. The molecule has 1 fully saturated rings. The molecule has 2 N–H and O–H groups in total. The molecular weight excluding hydrogens is 252 g/mol. The van der Waals surface area contributed by atoms with Crippen LogP contribution in [0.15, 0.2) is 0 Å². The summed E-state index contributed by atoms with van der Waals surface area (Å²) >= 11 is 0. The predicted octanol–water partition coefficient (Wildman–Crippen LogP) is 0.314. The van der Waals surface area contributed by atoms with E-state index in [1.165, 1.54) is 0 Å². The zero-order chi connectivity index (χ0) is 14.0. The third-order valence-corrected chi connectivity index (χ3v) is 4.77. The fraction of sp³-hybridized carbons (Fsp3) is 0.917. The molecule has 2 unspecified atom stereocenters. The molecule has 0 saturated carbocycles. The highest BCUT2D eigenvalue weighted by atomic mass is 32.2. The summed E-state index contributed by atoms with van der Waals surface area (Å²) in [6.07, 6.45) is 0.697. The van der Waals surface area contributed by atoms with Crippen molar-refractivity contribution in [3.05, 3.63) is 0 Å². The molecule has 106 valence electrons. The average molecular weight is 276 g/mol. The smallest absolute Gasteiger partial charge is 0.237 e. The fourth-order valence-corrected chi connectivity index (χ4v) is 3.81. The molecule has 0 aromatic carbocycles. The molecule has 1 heterocycles. The van der Waals surface area contributed by atoms with E-state index in [4.69, 9.17) is 0 Å². The molecule has 0 aliphatic carbocycles. The van der Waals surface area contributed by atoms with Crippen LogP contribution in [0.4, 0.5) is 0 Å².